The fourth-order valence-electron chi connectivity index (χ4n) is 3.22. The van der Waals surface area contributed by atoms with Crippen LogP contribution >= 0.6 is 0 Å². The van der Waals surface area contributed by atoms with Gasteiger partial charge in [0.25, 0.3) is 5.69 Å². The number of nitrogens with one attached hydrogen (secondary N) is 1. The first-order valence-corrected chi connectivity index (χ1v) is 9.65. The van der Waals surface area contributed by atoms with Gasteiger partial charge in [-0.05, 0) is 55.4 Å². The molecular weight excluding hydrogens is 340 g/mol. The third kappa shape index (κ3) is 3.57. The summed E-state index contributed by atoms with van der Waals surface area (Å²) in [5.41, 5.74) is 3.73. The van der Waals surface area contributed by atoms with Crippen molar-refractivity contribution >= 4 is 15.7 Å². The standard InChI is InChI=1S/C18H20N2O4S/c1-12-6-9-17(20(21)22)11-18(12)25(23,24)19-13(2)15-8-7-14-4-3-5-16(14)10-15/h6-11,13,19H,3-5H2,1-2H3/t13-/m1/s1. The lowest BCUT2D eigenvalue weighted by Crippen LogP contribution is -2.27. The Labute approximate surface area is 147 Å². The van der Waals surface area contributed by atoms with E-state index in [-0.39, 0.29) is 10.6 Å². The second kappa shape index (κ2) is 6.57. The summed E-state index contributed by atoms with van der Waals surface area (Å²) in [6, 6.07) is 9.49. The first-order chi connectivity index (χ1) is 11.8. The van der Waals surface area contributed by atoms with Crippen molar-refractivity contribution in [1.82, 2.24) is 4.72 Å². The fourth-order valence-corrected chi connectivity index (χ4v) is 4.71. The van der Waals surface area contributed by atoms with Crippen molar-refractivity contribution in [2.24, 2.45) is 0 Å². The molecule has 0 saturated carbocycles. The Hall–Kier alpha value is -2.25. The summed E-state index contributed by atoms with van der Waals surface area (Å²) in [6.07, 6.45) is 3.22. The maximum Gasteiger partial charge on any atom is 0.270 e. The van der Waals surface area contributed by atoms with Gasteiger partial charge in [-0.1, -0.05) is 24.3 Å². The molecule has 0 aromatic heterocycles. The average Bonchev–Trinajstić information content (AvgIpc) is 3.01. The second-order valence-electron chi connectivity index (χ2n) is 6.43. The van der Waals surface area contributed by atoms with Crippen LogP contribution in [0, 0.1) is 17.0 Å². The van der Waals surface area contributed by atoms with Crippen molar-refractivity contribution in [3.05, 3.63) is 68.8 Å². The lowest BCUT2D eigenvalue weighted by molar-refractivity contribution is -0.385. The Bertz CT molecular complexity index is 938. The molecule has 0 aliphatic heterocycles. The van der Waals surface area contributed by atoms with Gasteiger partial charge in [-0.25, -0.2) is 13.1 Å². The number of aryl methyl sites for hydroxylation is 3. The summed E-state index contributed by atoms with van der Waals surface area (Å²) in [4.78, 5) is 10.3. The number of nitro benzene ring substituents is 1. The van der Waals surface area contributed by atoms with Crippen molar-refractivity contribution in [1.29, 1.82) is 0 Å². The first-order valence-electron chi connectivity index (χ1n) is 8.17. The summed E-state index contributed by atoms with van der Waals surface area (Å²) >= 11 is 0. The second-order valence-corrected chi connectivity index (χ2v) is 8.11. The Morgan fingerprint density at radius 2 is 1.84 bits per heavy atom. The Morgan fingerprint density at radius 1 is 1.12 bits per heavy atom. The zero-order valence-electron chi connectivity index (χ0n) is 14.2. The van der Waals surface area contributed by atoms with Gasteiger partial charge in [-0.15, -0.1) is 0 Å². The van der Waals surface area contributed by atoms with E-state index in [1.165, 1.54) is 23.3 Å². The van der Waals surface area contributed by atoms with Crippen molar-refractivity contribution < 1.29 is 13.3 Å². The fraction of sp³-hybridized carbons (Fsp3) is 0.333. The Morgan fingerprint density at radius 3 is 2.56 bits per heavy atom. The molecule has 6 nitrogen and oxygen atoms in total. The largest absolute Gasteiger partial charge is 0.270 e. The van der Waals surface area contributed by atoms with E-state index in [0.29, 0.717) is 5.56 Å². The zero-order valence-corrected chi connectivity index (χ0v) is 15.0. The number of benzene rings is 2. The molecule has 132 valence electrons. The number of sulfonamides is 1. The Kier molecular flexibility index (Phi) is 4.62. The van der Waals surface area contributed by atoms with Crippen LogP contribution in [0.5, 0.6) is 0 Å². The normalized spacial score (nSPS) is 15.0. The van der Waals surface area contributed by atoms with Gasteiger partial charge in [0.1, 0.15) is 0 Å². The number of non-ortho nitro benzene ring substituents is 1. The highest BCUT2D eigenvalue weighted by atomic mass is 32.2. The first kappa shape index (κ1) is 17.6. The van der Waals surface area contributed by atoms with E-state index >= 15 is 0 Å². The molecule has 0 amide bonds. The van der Waals surface area contributed by atoms with E-state index in [4.69, 9.17) is 0 Å². The lowest BCUT2D eigenvalue weighted by atomic mass is 10.0. The molecule has 2 aromatic carbocycles. The van der Waals surface area contributed by atoms with Gasteiger partial charge in [-0.3, -0.25) is 10.1 Å². The molecule has 1 N–H and O–H groups in total. The van der Waals surface area contributed by atoms with Gasteiger partial charge in [0.2, 0.25) is 10.0 Å². The molecule has 0 fully saturated rings. The molecule has 7 heteroatoms. The molecule has 0 unspecified atom stereocenters. The monoisotopic (exact) mass is 360 g/mol. The van der Waals surface area contributed by atoms with Crippen LogP contribution in [0.15, 0.2) is 41.3 Å². The van der Waals surface area contributed by atoms with Crippen LogP contribution in [0.4, 0.5) is 5.69 Å². The molecule has 0 saturated heterocycles. The average molecular weight is 360 g/mol. The van der Waals surface area contributed by atoms with E-state index in [1.807, 2.05) is 6.07 Å². The highest BCUT2D eigenvalue weighted by Gasteiger charge is 2.23. The topological polar surface area (TPSA) is 89.3 Å². The van der Waals surface area contributed by atoms with Crippen LogP contribution < -0.4 is 4.72 Å². The van der Waals surface area contributed by atoms with E-state index in [0.717, 1.165) is 30.9 Å². The van der Waals surface area contributed by atoms with Crippen molar-refractivity contribution in [3.8, 4) is 0 Å². The molecule has 0 bridgehead atoms. The molecular formula is C18H20N2O4S. The predicted molar refractivity (Wildman–Crippen MR) is 95.0 cm³/mol. The van der Waals surface area contributed by atoms with Gasteiger partial charge < -0.3 is 0 Å². The summed E-state index contributed by atoms with van der Waals surface area (Å²) < 4.78 is 28.1. The molecule has 0 heterocycles. The van der Waals surface area contributed by atoms with Crippen LogP contribution in [-0.4, -0.2) is 13.3 Å². The van der Waals surface area contributed by atoms with E-state index in [1.54, 1.807) is 13.8 Å². The van der Waals surface area contributed by atoms with Crippen molar-refractivity contribution in [2.75, 3.05) is 0 Å². The van der Waals surface area contributed by atoms with Crippen LogP contribution in [0.3, 0.4) is 0 Å². The van der Waals surface area contributed by atoms with Gasteiger partial charge in [0.05, 0.1) is 9.82 Å². The highest BCUT2D eigenvalue weighted by Crippen LogP contribution is 2.27. The number of nitrogens with zero attached hydrogens (tertiary/aromatic N) is 1. The third-order valence-corrected chi connectivity index (χ3v) is 6.31. The van der Waals surface area contributed by atoms with Crippen LogP contribution in [0.25, 0.3) is 0 Å². The Balaban J connectivity index is 1.88. The summed E-state index contributed by atoms with van der Waals surface area (Å²) in [5, 5.41) is 10.9. The van der Waals surface area contributed by atoms with Gasteiger partial charge in [0.15, 0.2) is 0 Å². The minimum Gasteiger partial charge on any atom is -0.258 e. The molecule has 0 spiro atoms. The molecule has 1 atom stereocenters. The molecule has 3 rings (SSSR count). The summed E-state index contributed by atoms with van der Waals surface area (Å²) in [5.74, 6) is 0. The number of fused-ring (bicyclic) bond motifs is 1. The van der Waals surface area contributed by atoms with Crippen LogP contribution in [-0.2, 0) is 22.9 Å². The van der Waals surface area contributed by atoms with Gasteiger partial charge >= 0.3 is 0 Å². The summed E-state index contributed by atoms with van der Waals surface area (Å²) in [7, 11) is -3.86. The smallest absolute Gasteiger partial charge is 0.258 e. The van der Waals surface area contributed by atoms with Crippen molar-refractivity contribution in [2.45, 2.75) is 44.0 Å². The molecule has 0 radical (unpaired) electrons. The van der Waals surface area contributed by atoms with Crippen LogP contribution in [0.1, 0.15) is 41.6 Å². The SMILES string of the molecule is Cc1ccc([N+](=O)[O-])cc1S(=O)(=O)N[C@H](C)c1ccc2c(c1)CCC2. The van der Waals surface area contributed by atoms with Gasteiger partial charge in [-0.2, -0.15) is 0 Å². The molecule has 1 aliphatic carbocycles. The number of nitro groups is 1. The van der Waals surface area contributed by atoms with E-state index in [2.05, 4.69) is 16.9 Å². The zero-order chi connectivity index (χ0) is 18.2. The maximum absolute atomic E-state index is 12.7. The van der Waals surface area contributed by atoms with Crippen LogP contribution in [0.2, 0.25) is 0 Å². The highest BCUT2D eigenvalue weighted by molar-refractivity contribution is 7.89. The lowest BCUT2D eigenvalue weighted by Gasteiger charge is -2.17. The maximum atomic E-state index is 12.7. The minimum absolute atomic E-state index is 0.0605. The van der Waals surface area contributed by atoms with E-state index < -0.39 is 21.0 Å². The van der Waals surface area contributed by atoms with Gasteiger partial charge in [0, 0.05) is 18.2 Å². The van der Waals surface area contributed by atoms with Crippen molar-refractivity contribution in [3.63, 3.8) is 0 Å². The number of hydrogen-bond donors (Lipinski definition) is 1. The summed E-state index contributed by atoms with van der Waals surface area (Å²) in [6.45, 7) is 3.40. The third-order valence-electron chi connectivity index (χ3n) is 4.63. The molecule has 25 heavy (non-hydrogen) atoms. The number of rotatable bonds is 5. The molecule has 2 aromatic rings. The number of hydrogen-bond acceptors (Lipinski definition) is 4. The van der Waals surface area contributed by atoms with E-state index in [9.17, 15) is 18.5 Å². The minimum atomic E-state index is -3.86. The predicted octanol–water partition coefficient (Wildman–Crippen LogP) is 3.43. The molecule has 1 aliphatic rings. The quantitative estimate of drug-likeness (QED) is 0.653.